The van der Waals surface area contributed by atoms with Gasteiger partial charge in [0.2, 0.25) is 0 Å². The molecule has 1 unspecified atom stereocenters. The van der Waals surface area contributed by atoms with Crippen LogP contribution in [0.15, 0.2) is 0 Å². The molecule has 0 saturated carbocycles. The standard InChI is InChI=1S/C12H27N.C2H6O4S/c1-5-7-8-9-10-11-12(6-2)13(3)4;1-2-6-7(3,4)5/h12H,5-11H2,1-4H3;2H2,1H3,(H,3,4,5). The first-order valence-electron chi connectivity index (χ1n) is 7.56. The van der Waals surface area contributed by atoms with E-state index in [4.69, 9.17) is 4.55 Å². The topological polar surface area (TPSA) is 66.8 Å². The Bertz CT molecular complexity index is 292. The third-order valence-corrected chi connectivity index (χ3v) is 3.64. The van der Waals surface area contributed by atoms with Gasteiger partial charge in [0.25, 0.3) is 0 Å². The molecule has 0 amide bonds. The fourth-order valence-corrected chi connectivity index (χ4v) is 2.26. The number of rotatable bonds is 10. The van der Waals surface area contributed by atoms with Crippen LogP contribution in [0.2, 0.25) is 0 Å². The monoisotopic (exact) mass is 311 g/mol. The minimum absolute atomic E-state index is 0.0289. The van der Waals surface area contributed by atoms with E-state index >= 15 is 0 Å². The van der Waals surface area contributed by atoms with Crippen molar-refractivity contribution < 1.29 is 17.2 Å². The molecule has 0 aromatic carbocycles. The van der Waals surface area contributed by atoms with E-state index in [0.29, 0.717) is 0 Å². The molecular formula is C14H33NO4S. The van der Waals surface area contributed by atoms with Gasteiger partial charge in [-0.05, 0) is 33.9 Å². The van der Waals surface area contributed by atoms with Crippen molar-refractivity contribution in [3.05, 3.63) is 0 Å². The van der Waals surface area contributed by atoms with Crippen molar-refractivity contribution in [3.8, 4) is 0 Å². The first kappa shape index (κ1) is 22.1. The molecule has 1 N–H and O–H groups in total. The fraction of sp³-hybridized carbons (Fsp3) is 1.00. The lowest BCUT2D eigenvalue weighted by Gasteiger charge is -2.22. The molecule has 0 spiro atoms. The third kappa shape index (κ3) is 17.8. The van der Waals surface area contributed by atoms with E-state index in [0.717, 1.165) is 6.04 Å². The van der Waals surface area contributed by atoms with Gasteiger partial charge in [0.05, 0.1) is 6.61 Å². The Morgan fingerprint density at radius 2 is 1.60 bits per heavy atom. The Labute approximate surface area is 125 Å². The van der Waals surface area contributed by atoms with E-state index in [1.54, 1.807) is 0 Å². The predicted octanol–water partition coefficient (Wildman–Crippen LogP) is 3.51. The molecule has 124 valence electrons. The van der Waals surface area contributed by atoms with Crippen LogP contribution in [0.1, 0.15) is 65.7 Å². The van der Waals surface area contributed by atoms with E-state index in [9.17, 15) is 8.42 Å². The number of hydrogen-bond acceptors (Lipinski definition) is 4. The second kappa shape index (κ2) is 13.8. The van der Waals surface area contributed by atoms with Crippen LogP contribution in [0.4, 0.5) is 0 Å². The predicted molar refractivity (Wildman–Crippen MR) is 84.3 cm³/mol. The van der Waals surface area contributed by atoms with E-state index in [2.05, 4.69) is 37.0 Å². The maximum Gasteiger partial charge on any atom is 0.397 e. The van der Waals surface area contributed by atoms with Crippen LogP contribution in [0.5, 0.6) is 0 Å². The van der Waals surface area contributed by atoms with Crippen molar-refractivity contribution in [2.75, 3.05) is 20.7 Å². The third-order valence-electron chi connectivity index (χ3n) is 3.11. The van der Waals surface area contributed by atoms with Crippen LogP contribution in [0.25, 0.3) is 0 Å². The fourth-order valence-electron chi connectivity index (χ4n) is 1.96. The normalized spacial score (nSPS) is 12.9. The summed E-state index contributed by atoms with van der Waals surface area (Å²) < 4.78 is 30.7. The van der Waals surface area contributed by atoms with Crippen LogP contribution in [-0.2, 0) is 14.6 Å². The summed E-state index contributed by atoms with van der Waals surface area (Å²) in [5.74, 6) is 0. The lowest BCUT2D eigenvalue weighted by molar-refractivity contribution is 0.264. The van der Waals surface area contributed by atoms with Crippen LogP contribution in [0.3, 0.4) is 0 Å². The average molecular weight is 311 g/mol. The van der Waals surface area contributed by atoms with E-state index in [1.165, 1.54) is 51.9 Å². The largest absolute Gasteiger partial charge is 0.397 e. The van der Waals surface area contributed by atoms with E-state index in [-0.39, 0.29) is 6.61 Å². The lowest BCUT2D eigenvalue weighted by atomic mass is 10.0. The summed E-state index contributed by atoms with van der Waals surface area (Å²) in [7, 11) is 0.215. The van der Waals surface area contributed by atoms with E-state index in [1.807, 2.05) is 0 Å². The number of unbranched alkanes of at least 4 members (excludes halogenated alkanes) is 4. The van der Waals surface area contributed by atoms with Gasteiger partial charge < -0.3 is 4.90 Å². The minimum Gasteiger partial charge on any atom is -0.306 e. The van der Waals surface area contributed by atoms with Crippen molar-refractivity contribution in [2.45, 2.75) is 71.8 Å². The van der Waals surface area contributed by atoms with Gasteiger partial charge >= 0.3 is 10.4 Å². The molecule has 0 aliphatic carbocycles. The molecule has 0 aliphatic heterocycles. The van der Waals surface area contributed by atoms with Gasteiger partial charge in [0, 0.05) is 6.04 Å². The molecule has 0 aromatic rings. The van der Waals surface area contributed by atoms with Crippen LogP contribution >= 0.6 is 0 Å². The molecular weight excluding hydrogens is 278 g/mol. The van der Waals surface area contributed by atoms with Gasteiger partial charge in [-0.1, -0.05) is 46.0 Å². The Morgan fingerprint density at radius 3 is 1.90 bits per heavy atom. The van der Waals surface area contributed by atoms with Crippen molar-refractivity contribution in [1.29, 1.82) is 0 Å². The zero-order valence-corrected chi connectivity index (χ0v) is 14.6. The highest BCUT2D eigenvalue weighted by atomic mass is 32.3. The molecule has 0 aromatic heterocycles. The van der Waals surface area contributed by atoms with Gasteiger partial charge in [-0.3, -0.25) is 4.55 Å². The summed E-state index contributed by atoms with van der Waals surface area (Å²) in [6.07, 6.45) is 9.72. The molecule has 0 rings (SSSR count). The highest BCUT2D eigenvalue weighted by molar-refractivity contribution is 7.80. The van der Waals surface area contributed by atoms with Crippen LogP contribution in [0, 0.1) is 0 Å². The first-order chi connectivity index (χ1) is 9.28. The van der Waals surface area contributed by atoms with Crippen molar-refractivity contribution >= 4 is 10.4 Å². The highest BCUT2D eigenvalue weighted by Crippen LogP contribution is 2.11. The van der Waals surface area contributed by atoms with E-state index < -0.39 is 10.4 Å². The smallest absolute Gasteiger partial charge is 0.306 e. The maximum absolute atomic E-state index is 9.56. The van der Waals surface area contributed by atoms with Gasteiger partial charge in [0.15, 0.2) is 0 Å². The Kier molecular flexibility index (Phi) is 15.3. The van der Waals surface area contributed by atoms with Gasteiger partial charge in [-0.25, -0.2) is 4.18 Å². The molecule has 5 nitrogen and oxygen atoms in total. The van der Waals surface area contributed by atoms with Crippen molar-refractivity contribution in [3.63, 3.8) is 0 Å². The summed E-state index contributed by atoms with van der Waals surface area (Å²) in [6, 6.07) is 0.807. The molecule has 0 fully saturated rings. The second-order valence-electron chi connectivity index (χ2n) is 5.06. The zero-order chi connectivity index (χ0) is 16.0. The van der Waals surface area contributed by atoms with Crippen LogP contribution < -0.4 is 0 Å². The molecule has 0 bridgehead atoms. The number of hydrogen-bond donors (Lipinski definition) is 1. The molecule has 0 aliphatic rings. The van der Waals surface area contributed by atoms with Gasteiger partial charge in [-0.2, -0.15) is 8.42 Å². The van der Waals surface area contributed by atoms with Crippen molar-refractivity contribution in [2.24, 2.45) is 0 Å². The summed E-state index contributed by atoms with van der Waals surface area (Å²) in [5.41, 5.74) is 0. The minimum atomic E-state index is -4.17. The molecule has 20 heavy (non-hydrogen) atoms. The quantitative estimate of drug-likeness (QED) is 0.494. The van der Waals surface area contributed by atoms with Gasteiger partial charge in [0.1, 0.15) is 0 Å². The molecule has 0 saturated heterocycles. The average Bonchev–Trinajstić information content (AvgIpc) is 2.32. The Hall–Kier alpha value is -0.170. The summed E-state index contributed by atoms with van der Waals surface area (Å²) >= 11 is 0. The maximum atomic E-state index is 9.56. The molecule has 0 radical (unpaired) electrons. The zero-order valence-electron chi connectivity index (χ0n) is 13.8. The summed E-state index contributed by atoms with van der Waals surface area (Å²) in [4.78, 5) is 2.36. The Morgan fingerprint density at radius 1 is 1.05 bits per heavy atom. The first-order valence-corrected chi connectivity index (χ1v) is 8.93. The Balaban J connectivity index is 0. The molecule has 6 heteroatoms. The summed E-state index contributed by atoms with van der Waals surface area (Å²) in [5, 5.41) is 0. The highest BCUT2D eigenvalue weighted by Gasteiger charge is 2.07. The lowest BCUT2D eigenvalue weighted by Crippen LogP contribution is -2.26. The SMILES string of the molecule is CCCCCCCC(CC)N(C)C.CCOS(=O)(=O)O. The van der Waals surface area contributed by atoms with Crippen molar-refractivity contribution in [1.82, 2.24) is 4.90 Å². The van der Waals surface area contributed by atoms with Crippen LogP contribution in [-0.4, -0.2) is 44.6 Å². The number of nitrogens with zero attached hydrogens (tertiary/aromatic N) is 1. The summed E-state index contributed by atoms with van der Waals surface area (Å²) in [6.45, 7) is 6.00. The second-order valence-corrected chi connectivity index (χ2v) is 6.15. The van der Waals surface area contributed by atoms with Gasteiger partial charge in [-0.15, -0.1) is 0 Å². The molecule has 1 atom stereocenters. The molecule has 0 heterocycles.